The fraction of sp³-hybridized carbons (Fsp3) is 0.100. The lowest BCUT2D eigenvalue weighted by Crippen LogP contribution is -2.12. The van der Waals surface area contributed by atoms with E-state index in [0.717, 1.165) is 0 Å². The Kier molecular flexibility index (Phi) is 2.45. The zero-order valence-corrected chi connectivity index (χ0v) is 8.10. The van der Waals surface area contributed by atoms with Gasteiger partial charge in [0.2, 0.25) is 0 Å². The molecule has 0 atom stereocenters. The van der Waals surface area contributed by atoms with Crippen LogP contribution in [-0.4, -0.2) is 16.0 Å². The number of carbonyl (C=O) groups excluding carboxylic acids is 1. The van der Waals surface area contributed by atoms with Crippen LogP contribution in [0.2, 0.25) is 0 Å². The van der Waals surface area contributed by atoms with Crippen molar-refractivity contribution in [1.82, 2.24) is 10.1 Å². The maximum Gasteiger partial charge on any atom is 0.260 e. The highest BCUT2D eigenvalue weighted by Crippen LogP contribution is 2.09. The molecular formula is C10H9N3O2. The second-order valence-electron chi connectivity index (χ2n) is 3.01. The maximum atomic E-state index is 11.7. The van der Waals surface area contributed by atoms with Gasteiger partial charge in [-0.15, -0.1) is 0 Å². The summed E-state index contributed by atoms with van der Waals surface area (Å²) in [4.78, 5) is 15.5. The Morgan fingerprint density at radius 2 is 2.40 bits per heavy atom. The zero-order valence-electron chi connectivity index (χ0n) is 8.10. The summed E-state index contributed by atoms with van der Waals surface area (Å²) in [7, 11) is 0. The SMILES string of the molecule is Cc1nocc1C(=O)Nc1cccnc1. The summed E-state index contributed by atoms with van der Waals surface area (Å²) in [6.45, 7) is 1.71. The maximum absolute atomic E-state index is 11.7. The smallest absolute Gasteiger partial charge is 0.260 e. The largest absolute Gasteiger partial charge is 0.364 e. The van der Waals surface area contributed by atoms with E-state index < -0.39 is 0 Å². The van der Waals surface area contributed by atoms with Crippen LogP contribution >= 0.6 is 0 Å². The number of rotatable bonds is 2. The number of carbonyl (C=O) groups is 1. The number of anilines is 1. The van der Waals surface area contributed by atoms with Gasteiger partial charge >= 0.3 is 0 Å². The lowest BCUT2D eigenvalue weighted by Gasteiger charge is -2.01. The third-order valence-corrected chi connectivity index (χ3v) is 1.91. The molecule has 0 aliphatic rings. The number of nitrogens with one attached hydrogen (secondary N) is 1. The minimum Gasteiger partial charge on any atom is -0.364 e. The molecule has 0 spiro atoms. The molecule has 5 heteroatoms. The molecule has 2 heterocycles. The first-order valence-electron chi connectivity index (χ1n) is 4.40. The molecule has 0 radical (unpaired) electrons. The molecule has 0 aromatic carbocycles. The van der Waals surface area contributed by atoms with Gasteiger partial charge in [-0.1, -0.05) is 5.16 Å². The molecule has 0 saturated carbocycles. The molecular weight excluding hydrogens is 194 g/mol. The van der Waals surface area contributed by atoms with Crippen molar-refractivity contribution in [2.24, 2.45) is 0 Å². The van der Waals surface area contributed by atoms with Gasteiger partial charge in [0.05, 0.1) is 17.6 Å². The average molecular weight is 203 g/mol. The molecule has 15 heavy (non-hydrogen) atoms. The predicted octanol–water partition coefficient (Wildman–Crippen LogP) is 1.63. The zero-order chi connectivity index (χ0) is 10.7. The van der Waals surface area contributed by atoms with Gasteiger partial charge in [0, 0.05) is 6.20 Å². The van der Waals surface area contributed by atoms with Crippen molar-refractivity contribution in [2.75, 3.05) is 5.32 Å². The van der Waals surface area contributed by atoms with Crippen molar-refractivity contribution in [1.29, 1.82) is 0 Å². The molecule has 2 aromatic heterocycles. The van der Waals surface area contributed by atoms with Crippen LogP contribution in [-0.2, 0) is 0 Å². The Labute approximate surface area is 86.1 Å². The second-order valence-corrected chi connectivity index (χ2v) is 3.01. The lowest BCUT2D eigenvalue weighted by molar-refractivity contribution is 0.102. The average Bonchev–Trinajstić information content (AvgIpc) is 2.66. The second kappa shape index (κ2) is 3.91. The van der Waals surface area contributed by atoms with E-state index in [1.54, 1.807) is 31.5 Å². The molecule has 2 aromatic rings. The van der Waals surface area contributed by atoms with E-state index in [9.17, 15) is 4.79 Å². The highest BCUT2D eigenvalue weighted by molar-refractivity contribution is 6.04. The minimum absolute atomic E-state index is 0.248. The van der Waals surface area contributed by atoms with E-state index in [1.807, 2.05) is 0 Å². The van der Waals surface area contributed by atoms with Crippen molar-refractivity contribution in [3.05, 3.63) is 42.0 Å². The van der Waals surface area contributed by atoms with Crippen molar-refractivity contribution < 1.29 is 9.32 Å². The number of amides is 1. The summed E-state index contributed by atoms with van der Waals surface area (Å²) in [6.07, 6.45) is 4.53. The molecule has 0 aliphatic carbocycles. The predicted molar refractivity (Wildman–Crippen MR) is 53.4 cm³/mol. The summed E-state index contributed by atoms with van der Waals surface area (Å²) in [5.41, 5.74) is 1.64. The third kappa shape index (κ3) is 2.01. The highest BCUT2D eigenvalue weighted by Gasteiger charge is 2.12. The number of pyridine rings is 1. The molecule has 1 amide bonds. The molecule has 5 nitrogen and oxygen atoms in total. The lowest BCUT2D eigenvalue weighted by atomic mass is 10.2. The van der Waals surface area contributed by atoms with Gasteiger partial charge in [-0.05, 0) is 19.1 Å². The van der Waals surface area contributed by atoms with Crippen LogP contribution in [0.3, 0.4) is 0 Å². The molecule has 0 saturated heterocycles. The first-order valence-corrected chi connectivity index (χ1v) is 4.40. The Morgan fingerprint density at radius 1 is 1.53 bits per heavy atom. The standard InChI is InChI=1S/C10H9N3O2/c1-7-9(6-15-13-7)10(14)12-8-3-2-4-11-5-8/h2-6H,1H3,(H,12,14). The van der Waals surface area contributed by atoms with E-state index in [-0.39, 0.29) is 5.91 Å². The van der Waals surface area contributed by atoms with Crippen LogP contribution in [0.25, 0.3) is 0 Å². The Balaban J connectivity index is 2.15. The molecule has 0 aliphatic heterocycles. The number of aromatic nitrogens is 2. The minimum atomic E-state index is -0.248. The van der Waals surface area contributed by atoms with Gasteiger partial charge in [0.15, 0.2) is 0 Å². The van der Waals surface area contributed by atoms with Gasteiger partial charge in [0.1, 0.15) is 11.8 Å². The Hall–Kier alpha value is -2.17. The topological polar surface area (TPSA) is 68.0 Å². The number of hydrogen-bond acceptors (Lipinski definition) is 4. The molecule has 0 fully saturated rings. The van der Waals surface area contributed by atoms with Gasteiger partial charge in [-0.25, -0.2) is 0 Å². The summed E-state index contributed by atoms with van der Waals surface area (Å²) < 4.78 is 4.68. The van der Waals surface area contributed by atoms with Crippen LogP contribution < -0.4 is 5.32 Å². The molecule has 1 N–H and O–H groups in total. The molecule has 0 bridgehead atoms. The number of nitrogens with zero attached hydrogens (tertiary/aromatic N) is 2. The van der Waals surface area contributed by atoms with Crippen molar-refractivity contribution in [3.8, 4) is 0 Å². The van der Waals surface area contributed by atoms with E-state index in [4.69, 9.17) is 0 Å². The van der Waals surface area contributed by atoms with E-state index in [1.165, 1.54) is 6.26 Å². The summed E-state index contributed by atoms with van der Waals surface area (Å²) in [5.74, 6) is -0.248. The first-order chi connectivity index (χ1) is 7.27. The van der Waals surface area contributed by atoms with Crippen LogP contribution in [0.1, 0.15) is 16.1 Å². The Bertz CT molecular complexity index is 465. The van der Waals surface area contributed by atoms with Crippen LogP contribution in [0.15, 0.2) is 35.3 Å². The highest BCUT2D eigenvalue weighted by atomic mass is 16.5. The molecule has 76 valence electrons. The van der Waals surface area contributed by atoms with E-state index in [0.29, 0.717) is 16.9 Å². The normalized spacial score (nSPS) is 9.93. The van der Waals surface area contributed by atoms with Crippen LogP contribution in [0.5, 0.6) is 0 Å². The fourth-order valence-electron chi connectivity index (χ4n) is 1.15. The van der Waals surface area contributed by atoms with E-state index >= 15 is 0 Å². The van der Waals surface area contributed by atoms with Gasteiger partial charge in [-0.3, -0.25) is 9.78 Å². The van der Waals surface area contributed by atoms with Gasteiger partial charge in [-0.2, -0.15) is 0 Å². The molecule has 0 unspecified atom stereocenters. The summed E-state index contributed by atoms with van der Waals surface area (Å²) in [6, 6.07) is 3.50. The number of hydrogen-bond donors (Lipinski definition) is 1. The third-order valence-electron chi connectivity index (χ3n) is 1.91. The van der Waals surface area contributed by atoms with Gasteiger partial charge < -0.3 is 9.84 Å². The van der Waals surface area contributed by atoms with Crippen molar-refractivity contribution in [2.45, 2.75) is 6.92 Å². The van der Waals surface area contributed by atoms with Crippen LogP contribution in [0, 0.1) is 6.92 Å². The first kappa shape index (κ1) is 9.39. The van der Waals surface area contributed by atoms with E-state index in [2.05, 4.69) is 20.0 Å². The fourth-order valence-corrected chi connectivity index (χ4v) is 1.15. The monoisotopic (exact) mass is 203 g/mol. The summed E-state index contributed by atoms with van der Waals surface area (Å²) >= 11 is 0. The van der Waals surface area contributed by atoms with Crippen LogP contribution in [0.4, 0.5) is 5.69 Å². The quantitative estimate of drug-likeness (QED) is 0.805. The van der Waals surface area contributed by atoms with Crippen molar-refractivity contribution in [3.63, 3.8) is 0 Å². The van der Waals surface area contributed by atoms with Crippen molar-refractivity contribution >= 4 is 11.6 Å². The number of aryl methyl sites for hydroxylation is 1. The van der Waals surface area contributed by atoms with Gasteiger partial charge in [0.25, 0.3) is 5.91 Å². The molecule has 2 rings (SSSR count). The summed E-state index contributed by atoms with van der Waals surface area (Å²) in [5, 5.41) is 6.31. The Morgan fingerprint density at radius 3 is 3.00 bits per heavy atom.